The van der Waals surface area contributed by atoms with Crippen LogP contribution in [0.15, 0.2) is 24.3 Å². The number of hydrogen-bond acceptors (Lipinski definition) is 4. The molecule has 6 heteroatoms. The van der Waals surface area contributed by atoms with E-state index in [2.05, 4.69) is 17.6 Å². The summed E-state index contributed by atoms with van der Waals surface area (Å²) in [5, 5.41) is 6.07. The summed E-state index contributed by atoms with van der Waals surface area (Å²) >= 11 is 0. The van der Waals surface area contributed by atoms with Gasteiger partial charge in [0.05, 0.1) is 20.1 Å². The van der Waals surface area contributed by atoms with Crippen LogP contribution in [0.1, 0.15) is 19.8 Å². The van der Waals surface area contributed by atoms with Crippen molar-refractivity contribution in [2.75, 3.05) is 33.4 Å². The number of para-hydroxylation sites is 2. The number of ether oxygens (including phenoxy) is 2. The van der Waals surface area contributed by atoms with Crippen LogP contribution in [0.4, 0.5) is 0 Å². The maximum atomic E-state index is 11.6. The zero-order chi connectivity index (χ0) is 14.6. The highest BCUT2D eigenvalue weighted by atomic mass is 35.5. The van der Waals surface area contributed by atoms with Crippen molar-refractivity contribution in [3.8, 4) is 11.5 Å². The predicted molar refractivity (Wildman–Crippen MR) is 86.5 cm³/mol. The van der Waals surface area contributed by atoms with Gasteiger partial charge in [0.15, 0.2) is 11.5 Å². The van der Waals surface area contributed by atoms with Gasteiger partial charge in [0, 0.05) is 13.1 Å². The maximum Gasteiger partial charge on any atom is 0.223 e. The van der Waals surface area contributed by atoms with Crippen molar-refractivity contribution in [3.05, 3.63) is 24.3 Å². The van der Waals surface area contributed by atoms with E-state index in [1.54, 1.807) is 7.11 Å². The average molecular weight is 317 g/mol. The van der Waals surface area contributed by atoms with Gasteiger partial charge < -0.3 is 20.1 Å². The Hall–Kier alpha value is -1.46. The van der Waals surface area contributed by atoms with Crippen LogP contribution >= 0.6 is 12.4 Å². The molecular formula is C15H25ClN2O3. The summed E-state index contributed by atoms with van der Waals surface area (Å²) < 4.78 is 10.7. The molecule has 0 spiro atoms. The molecule has 0 heterocycles. The summed E-state index contributed by atoms with van der Waals surface area (Å²) in [6, 6.07) is 7.40. The second kappa shape index (κ2) is 12.3. The van der Waals surface area contributed by atoms with Crippen LogP contribution < -0.4 is 20.1 Å². The van der Waals surface area contributed by atoms with Crippen LogP contribution in [0, 0.1) is 0 Å². The minimum atomic E-state index is -0.00167. The van der Waals surface area contributed by atoms with Gasteiger partial charge >= 0.3 is 0 Å². The molecule has 1 aromatic rings. The average Bonchev–Trinajstić information content (AvgIpc) is 2.47. The summed E-state index contributed by atoms with van der Waals surface area (Å²) in [7, 11) is 1.60. The number of halogens is 1. The molecule has 1 amide bonds. The lowest BCUT2D eigenvalue weighted by Gasteiger charge is -2.10. The number of methoxy groups -OCH3 is 1. The van der Waals surface area contributed by atoms with Crippen LogP contribution in [0.5, 0.6) is 11.5 Å². The fraction of sp³-hybridized carbons (Fsp3) is 0.533. The molecule has 0 bridgehead atoms. The molecular weight excluding hydrogens is 292 g/mol. The molecule has 0 aromatic heterocycles. The van der Waals surface area contributed by atoms with Gasteiger partial charge in [-0.2, -0.15) is 0 Å². The van der Waals surface area contributed by atoms with Gasteiger partial charge in [0.1, 0.15) is 0 Å². The molecule has 21 heavy (non-hydrogen) atoms. The van der Waals surface area contributed by atoms with Crippen molar-refractivity contribution in [2.24, 2.45) is 0 Å². The van der Waals surface area contributed by atoms with E-state index in [0.717, 1.165) is 19.5 Å². The largest absolute Gasteiger partial charge is 0.493 e. The number of carbonyl (C=O) groups excluding carboxylic acids is 1. The SMILES string of the molecule is CCCNCCNC(=O)CCOc1ccccc1OC.Cl. The number of nitrogens with one attached hydrogen (secondary N) is 2. The Kier molecular flexibility index (Phi) is 11.4. The smallest absolute Gasteiger partial charge is 0.223 e. The normalized spacial score (nSPS) is 9.62. The van der Waals surface area contributed by atoms with E-state index in [-0.39, 0.29) is 18.3 Å². The summed E-state index contributed by atoms with van der Waals surface area (Å²) in [5.74, 6) is 1.34. The highest BCUT2D eigenvalue weighted by Crippen LogP contribution is 2.25. The van der Waals surface area contributed by atoms with Crippen molar-refractivity contribution in [1.82, 2.24) is 10.6 Å². The first-order valence-corrected chi connectivity index (χ1v) is 7.01. The Morgan fingerprint density at radius 1 is 1.14 bits per heavy atom. The van der Waals surface area contributed by atoms with Crippen molar-refractivity contribution in [3.63, 3.8) is 0 Å². The first-order valence-electron chi connectivity index (χ1n) is 7.01. The fourth-order valence-electron chi connectivity index (χ4n) is 1.67. The summed E-state index contributed by atoms with van der Waals surface area (Å²) in [4.78, 5) is 11.6. The molecule has 0 saturated heterocycles. The van der Waals surface area contributed by atoms with Crippen molar-refractivity contribution >= 4 is 18.3 Å². The molecule has 2 N–H and O–H groups in total. The van der Waals surface area contributed by atoms with E-state index in [4.69, 9.17) is 9.47 Å². The maximum absolute atomic E-state index is 11.6. The van der Waals surface area contributed by atoms with E-state index in [9.17, 15) is 4.79 Å². The van der Waals surface area contributed by atoms with Gasteiger partial charge in [0.25, 0.3) is 0 Å². The Labute approximate surface area is 132 Å². The quantitative estimate of drug-likeness (QED) is 0.648. The van der Waals surface area contributed by atoms with E-state index >= 15 is 0 Å². The Balaban J connectivity index is 0.00000400. The standard InChI is InChI=1S/C15H24N2O3.ClH/c1-3-9-16-10-11-17-15(18)8-12-20-14-7-5-4-6-13(14)19-2;/h4-7,16H,3,8-12H2,1-2H3,(H,17,18);1H. The molecule has 0 unspecified atom stereocenters. The molecule has 0 atom stereocenters. The molecule has 0 aliphatic carbocycles. The molecule has 1 aromatic carbocycles. The lowest BCUT2D eigenvalue weighted by Crippen LogP contribution is -2.32. The molecule has 0 fully saturated rings. The minimum Gasteiger partial charge on any atom is -0.493 e. The highest BCUT2D eigenvalue weighted by molar-refractivity contribution is 5.85. The van der Waals surface area contributed by atoms with E-state index in [0.29, 0.717) is 31.1 Å². The number of rotatable bonds is 10. The van der Waals surface area contributed by atoms with Gasteiger partial charge in [-0.1, -0.05) is 19.1 Å². The van der Waals surface area contributed by atoms with E-state index < -0.39 is 0 Å². The van der Waals surface area contributed by atoms with E-state index in [1.807, 2.05) is 24.3 Å². The zero-order valence-corrected chi connectivity index (χ0v) is 13.5. The van der Waals surface area contributed by atoms with Gasteiger partial charge in [-0.05, 0) is 25.1 Å². The summed E-state index contributed by atoms with van der Waals surface area (Å²) in [6.07, 6.45) is 1.44. The first kappa shape index (κ1) is 19.5. The van der Waals surface area contributed by atoms with Crippen molar-refractivity contribution < 1.29 is 14.3 Å². The summed E-state index contributed by atoms with van der Waals surface area (Å²) in [5.41, 5.74) is 0. The van der Waals surface area contributed by atoms with Crippen LogP contribution in [0.25, 0.3) is 0 Å². The van der Waals surface area contributed by atoms with Crippen LogP contribution in [0.2, 0.25) is 0 Å². The van der Waals surface area contributed by atoms with Gasteiger partial charge in [-0.15, -0.1) is 12.4 Å². The number of carbonyl (C=O) groups is 1. The third-order valence-electron chi connectivity index (χ3n) is 2.71. The highest BCUT2D eigenvalue weighted by Gasteiger charge is 2.04. The Bertz CT molecular complexity index is 402. The molecule has 5 nitrogen and oxygen atoms in total. The lowest BCUT2D eigenvalue weighted by atomic mass is 10.3. The molecule has 0 radical (unpaired) electrons. The Morgan fingerprint density at radius 3 is 2.52 bits per heavy atom. The Morgan fingerprint density at radius 2 is 1.86 bits per heavy atom. The number of benzene rings is 1. The molecule has 0 saturated carbocycles. The minimum absolute atomic E-state index is 0. The monoisotopic (exact) mass is 316 g/mol. The zero-order valence-electron chi connectivity index (χ0n) is 12.7. The third-order valence-corrected chi connectivity index (χ3v) is 2.71. The molecule has 120 valence electrons. The van der Waals surface area contributed by atoms with Crippen LogP contribution in [-0.4, -0.2) is 39.3 Å². The molecule has 0 aliphatic heterocycles. The van der Waals surface area contributed by atoms with Crippen LogP contribution in [-0.2, 0) is 4.79 Å². The molecule has 1 rings (SSSR count). The van der Waals surface area contributed by atoms with Gasteiger partial charge in [0.2, 0.25) is 5.91 Å². The van der Waals surface area contributed by atoms with Gasteiger partial charge in [-0.25, -0.2) is 0 Å². The summed E-state index contributed by atoms with van der Waals surface area (Å²) in [6.45, 7) is 4.88. The van der Waals surface area contributed by atoms with Crippen molar-refractivity contribution in [1.29, 1.82) is 0 Å². The third kappa shape index (κ3) is 8.42. The first-order chi connectivity index (χ1) is 9.77. The number of amides is 1. The fourth-order valence-corrected chi connectivity index (χ4v) is 1.67. The lowest BCUT2D eigenvalue weighted by molar-refractivity contribution is -0.121. The molecule has 0 aliphatic rings. The van der Waals surface area contributed by atoms with Gasteiger partial charge in [-0.3, -0.25) is 4.79 Å². The van der Waals surface area contributed by atoms with E-state index in [1.165, 1.54) is 0 Å². The second-order valence-corrected chi connectivity index (χ2v) is 4.35. The van der Waals surface area contributed by atoms with Crippen LogP contribution in [0.3, 0.4) is 0 Å². The topological polar surface area (TPSA) is 59.6 Å². The van der Waals surface area contributed by atoms with Crippen molar-refractivity contribution in [2.45, 2.75) is 19.8 Å². The predicted octanol–water partition coefficient (Wildman–Crippen LogP) is 2.00. The second-order valence-electron chi connectivity index (χ2n) is 4.35. The number of hydrogen-bond donors (Lipinski definition) is 2.